The number of anilines is 1. The molecule has 1 aromatic carbocycles. The SMILES string of the molecule is CNC(C)C(=O)N[C@H](C(=O)N1c2ncccc2CC1CNS(=O)(=O)c1ccccc1)C(C)C. The standard InChI is InChI=1S/C23H31N5O4S/c1-15(2)20(27-22(29)16(3)24-4)23(30)28-18(13-17-9-8-12-25-21(17)28)14-26-33(31,32)19-10-6-5-7-11-19/h5-12,15-16,18,20,24,26H,13-14H2,1-4H3,(H,27,29)/t16?,18?,20-/m0/s1. The minimum Gasteiger partial charge on any atom is -0.343 e. The van der Waals surface area contributed by atoms with Crippen LogP contribution in [0.2, 0.25) is 0 Å². The van der Waals surface area contributed by atoms with Crippen molar-refractivity contribution in [1.82, 2.24) is 20.3 Å². The smallest absolute Gasteiger partial charge is 0.251 e. The van der Waals surface area contributed by atoms with E-state index in [0.717, 1.165) is 5.56 Å². The van der Waals surface area contributed by atoms with Gasteiger partial charge in [0, 0.05) is 12.7 Å². The molecule has 1 aromatic heterocycles. The van der Waals surface area contributed by atoms with E-state index in [0.29, 0.717) is 12.2 Å². The van der Waals surface area contributed by atoms with Gasteiger partial charge in [-0.25, -0.2) is 18.1 Å². The minimum atomic E-state index is -3.74. The molecular weight excluding hydrogens is 442 g/mol. The second-order valence-electron chi connectivity index (χ2n) is 8.46. The predicted molar refractivity (Wildman–Crippen MR) is 126 cm³/mol. The molecule has 0 radical (unpaired) electrons. The number of nitrogens with one attached hydrogen (secondary N) is 3. The summed E-state index contributed by atoms with van der Waals surface area (Å²) in [6.07, 6.45) is 2.06. The first-order valence-electron chi connectivity index (χ1n) is 10.9. The average molecular weight is 474 g/mol. The highest BCUT2D eigenvalue weighted by Crippen LogP contribution is 2.31. The Morgan fingerprint density at radius 1 is 1.12 bits per heavy atom. The zero-order chi connectivity index (χ0) is 24.2. The van der Waals surface area contributed by atoms with Gasteiger partial charge in [-0.3, -0.25) is 14.5 Å². The third-order valence-electron chi connectivity index (χ3n) is 5.77. The van der Waals surface area contributed by atoms with E-state index in [4.69, 9.17) is 0 Å². The van der Waals surface area contributed by atoms with Crippen LogP contribution in [0.5, 0.6) is 0 Å². The molecule has 2 heterocycles. The van der Waals surface area contributed by atoms with Gasteiger partial charge in [0.25, 0.3) is 5.91 Å². The lowest BCUT2D eigenvalue weighted by atomic mass is 10.0. The summed E-state index contributed by atoms with van der Waals surface area (Å²) in [4.78, 5) is 32.2. The van der Waals surface area contributed by atoms with Crippen LogP contribution in [0.25, 0.3) is 0 Å². The molecule has 1 aliphatic heterocycles. The summed E-state index contributed by atoms with van der Waals surface area (Å²) in [7, 11) is -2.07. The van der Waals surface area contributed by atoms with Gasteiger partial charge in [-0.2, -0.15) is 0 Å². The highest BCUT2D eigenvalue weighted by Gasteiger charge is 2.40. The summed E-state index contributed by atoms with van der Waals surface area (Å²) >= 11 is 0. The molecule has 3 rings (SSSR count). The monoisotopic (exact) mass is 473 g/mol. The second-order valence-corrected chi connectivity index (χ2v) is 10.2. The van der Waals surface area contributed by atoms with Gasteiger partial charge in [-0.1, -0.05) is 38.1 Å². The molecule has 3 atom stereocenters. The fourth-order valence-electron chi connectivity index (χ4n) is 3.73. The molecule has 10 heteroatoms. The number of fused-ring (bicyclic) bond motifs is 1. The zero-order valence-electron chi connectivity index (χ0n) is 19.3. The Balaban J connectivity index is 1.85. The molecule has 0 saturated heterocycles. The van der Waals surface area contributed by atoms with Crippen LogP contribution in [-0.2, 0) is 26.0 Å². The van der Waals surface area contributed by atoms with Gasteiger partial charge in [0.2, 0.25) is 15.9 Å². The number of sulfonamides is 1. The van der Waals surface area contributed by atoms with E-state index < -0.39 is 28.1 Å². The van der Waals surface area contributed by atoms with Crippen molar-refractivity contribution >= 4 is 27.7 Å². The van der Waals surface area contributed by atoms with Crippen LogP contribution < -0.4 is 20.3 Å². The largest absolute Gasteiger partial charge is 0.343 e. The Morgan fingerprint density at radius 3 is 2.45 bits per heavy atom. The number of amides is 2. The molecule has 0 spiro atoms. The van der Waals surface area contributed by atoms with Crippen LogP contribution >= 0.6 is 0 Å². The molecule has 178 valence electrons. The van der Waals surface area contributed by atoms with Gasteiger partial charge in [0.15, 0.2) is 0 Å². The number of nitrogens with zero attached hydrogens (tertiary/aromatic N) is 2. The maximum Gasteiger partial charge on any atom is 0.251 e. The lowest BCUT2D eigenvalue weighted by Gasteiger charge is -2.31. The Labute approximate surface area is 195 Å². The number of hydrogen-bond donors (Lipinski definition) is 3. The van der Waals surface area contributed by atoms with Gasteiger partial charge in [0.1, 0.15) is 11.9 Å². The Kier molecular flexibility index (Phi) is 7.83. The molecule has 9 nitrogen and oxygen atoms in total. The highest BCUT2D eigenvalue weighted by atomic mass is 32.2. The summed E-state index contributed by atoms with van der Waals surface area (Å²) in [5.41, 5.74) is 0.854. The molecule has 0 bridgehead atoms. The number of hydrogen-bond acceptors (Lipinski definition) is 6. The van der Waals surface area contributed by atoms with Gasteiger partial charge in [0.05, 0.1) is 17.0 Å². The van der Waals surface area contributed by atoms with Gasteiger partial charge < -0.3 is 10.6 Å². The lowest BCUT2D eigenvalue weighted by molar-refractivity contribution is -0.129. The van der Waals surface area contributed by atoms with E-state index in [1.807, 2.05) is 19.9 Å². The Morgan fingerprint density at radius 2 is 1.82 bits per heavy atom. The van der Waals surface area contributed by atoms with Crippen LogP contribution in [0.1, 0.15) is 26.3 Å². The summed E-state index contributed by atoms with van der Waals surface area (Å²) in [5, 5.41) is 5.70. The van der Waals surface area contributed by atoms with Crippen LogP contribution in [-0.4, -0.2) is 56.9 Å². The quantitative estimate of drug-likeness (QED) is 0.501. The van der Waals surface area contributed by atoms with Crippen LogP contribution in [0.15, 0.2) is 53.6 Å². The van der Waals surface area contributed by atoms with Gasteiger partial charge in [-0.05, 0) is 50.1 Å². The normalized spacial score (nSPS) is 17.5. The molecule has 2 aromatic rings. The molecule has 0 fully saturated rings. The van der Waals surface area contributed by atoms with Crippen molar-refractivity contribution in [3.63, 3.8) is 0 Å². The topological polar surface area (TPSA) is 120 Å². The first-order chi connectivity index (χ1) is 15.7. The van der Waals surface area contributed by atoms with E-state index in [-0.39, 0.29) is 29.2 Å². The Bertz CT molecular complexity index is 1090. The van der Waals surface area contributed by atoms with Crippen molar-refractivity contribution in [2.24, 2.45) is 5.92 Å². The van der Waals surface area contributed by atoms with Crippen molar-refractivity contribution in [3.8, 4) is 0 Å². The highest BCUT2D eigenvalue weighted by molar-refractivity contribution is 7.89. The number of aromatic nitrogens is 1. The summed E-state index contributed by atoms with van der Waals surface area (Å²) in [6, 6.07) is 10.0. The maximum atomic E-state index is 13.7. The lowest BCUT2D eigenvalue weighted by Crippen LogP contribution is -2.57. The molecule has 1 aliphatic rings. The molecule has 3 N–H and O–H groups in total. The number of pyridine rings is 1. The van der Waals surface area contributed by atoms with Crippen LogP contribution in [0, 0.1) is 5.92 Å². The van der Waals surface area contributed by atoms with Gasteiger partial charge in [-0.15, -0.1) is 0 Å². The van der Waals surface area contributed by atoms with Crippen molar-refractivity contribution in [3.05, 3.63) is 54.2 Å². The number of benzene rings is 1. The maximum absolute atomic E-state index is 13.7. The fraction of sp³-hybridized carbons (Fsp3) is 0.435. The fourth-order valence-corrected chi connectivity index (χ4v) is 4.83. The number of likely N-dealkylation sites (N-methyl/N-ethyl adjacent to an activating group) is 1. The summed E-state index contributed by atoms with van der Waals surface area (Å²) in [6.45, 7) is 5.45. The molecule has 0 saturated carbocycles. The number of rotatable bonds is 9. The number of carbonyl (C=O) groups is 2. The number of carbonyl (C=O) groups excluding carboxylic acids is 2. The molecular formula is C23H31N5O4S. The molecule has 2 amide bonds. The second kappa shape index (κ2) is 10.4. The molecule has 33 heavy (non-hydrogen) atoms. The van der Waals surface area contributed by atoms with E-state index in [1.165, 1.54) is 17.0 Å². The minimum absolute atomic E-state index is 0.0189. The van der Waals surface area contributed by atoms with E-state index >= 15 is 0 Å². The predicted octanol–water partition coefficient (Wildman–Crippen LogP) is 1.07. The third kappa shape index (κ3) is 5.58. The van der Waals surface area contributed by atoms with Crippen molar-refractivity contribution in [1.29, 1.82) is 0 Å². The zero-order valence-corrected chi connectivity index (χ0v) is 20.1. The first-order valence-corrected chi connectivity index (χ1v) is 12.4. The van der Waals surface area contributed by atoms with E-state index in [9.17, 15) is 18.0 Å². The average Bonchev–Trinajstić information content (AvgIpc) is 3.19. The van der Waals surface area contributed by atoms with Crippen LogP contribution in [0.3, 0.4) is 0 Å². The van der Waals surface area contributed by atoms with Gasteiger partial charge >= 0.3 is 0 Å². The van der Waals surface area contributed by atoms with Crippen molar-refractivity contribution in [2.45, 2.75) is 50.2 Å². The van der Waals surface area contributed by atoms with Crippen LogP contribution in [0.4, 0.5) is 5.82 Å². The van der Waals surface area contributed by atoms with E-state index in [1.54, 1.807) is 44.4 Å². The third-order valence-corrected chi connectivity index (χ3v) is 7.21. The summed E-state index contributed by atoms with van der Waals surface area (Å²) < 4.78 is 28.1. The molecule has 2 unspecified atom stereocenters. The first kappa shape index (κ1) is 24.8. The Hall–Kier alpha value is -2.82. The van der Waals surface area contributed by atoms with Crippen molar-refractivity contribution < 1.29 is 18.0 Å². The molecule has 0 aliphatic carbocycles. The summed E-state index contributed by atoms with van der Waals surface area (Å²) in [5.74, 6) is -0.290. The van der Waals surface area contributed by atoms with Crippen molar-refractivity contribution in [2.75, 3.05) is 18.5 Å². The van der Waals surface area contributed by atoms with E-state index in [2.05, 4.69) is 20.3 Å².